The van der Waals surface area contributed by atoms with Gasteiger partial charge in [-0.1, -0.05) is 24.3 Å². The fraction of sp³-hybridized carbons (Fsp3) is 0. The summed E-state index contributed by atoms with van der Waals surface area (Å²) in [5.74, 6) is 0. The van der Waals surface area contributed by atoms with Crippen molar-refractivity contribution >= 4 is 38.8 Å². The molecule has 0 saturated heterocycles. The topological polar surface area (TPSA) is 96.9 Å². The van der Waals surface area contributed by atoms with Crippen LogP contribution in [0.5, 0.6) is 0 Å². The summed E-state index contributed by atoms with van der Waals surface area (Å²) < 4.78 is 0.705. The average molecular weight is 335 g/mol. The predicted molar refractivity (Wildman–Crippen MR) is 92.5 cm³/mol. The zero-order valence-electron chi connectivity index (χ0n) is 12.2. The minimum Gasteiger partial charge on any atom is -0.267 e. The van der Waals surface area contributed by atoms with Gasteiger partial charge in [0.1, 0.15) is 11.1 Å². The summed E-state index contributed by atoms with van der Waals surface area (Å²) in [5, 5.41) is 21.2. The maximum Gasteiger partial charge on any atom is 0.279 e. The standard InChI is InChI=1S/C17H9N3O3S/c18-10-12(9-11-5-1-3-7-14(11)20(22)23)17-19-16(21)13-6-2-4-8-15(13)24-17/h1-9H/b12-9+. The van der Waals surface area contributed by atoms with Crippen LogP contribution in [-0.4, -0.2) is 9.91 Å². The van der Waals surface area contributed by atoms with Gasteiger partial charge in [0.25, 0.3) is 11.2 Å². The van der Waals surface area contributed by atoms with Crippen molar-refractivity contribution in [2.24, 2.45) is 0 Å². The number of nitrogens with zero attached hydrogens (tertiary/aromatic N) is 3. The summed E-state index contributed by atoms with van der Waals surface area (Å²) in [6, 6.07) is 15.0. The molecule has 1 heterocycles. The number of fused-ring (bicyclic) bond motifs is 1. The highest BCUT2D eigenvalue weighted by atomic mass is 32.1. The molecule has 0 spiro atoms. The van der Waals surface area contributed by atoms with E-state index >= 15 is 0 Å². The minimum atomic E-state index is -0.517. The third-order valence-corrected chi connectivity index (χ3v) is 4.39. The van der Waals surface area contributed by atoms with Crippen LogP contribution in [-0.2, 0) is 0 Å². The van der Waals surface area contributed by atoms with Gasteiger partial charge in [-0.3, -0.25) is 14.9 Å². The summed E-state index contributed by atoms with van der Waals surface area (Å²) in [5.41, 5.74) is -0.146. The fourth-order valence-corrected chi connectivity index (χ4v) is 3.16. The van der Waals surface area contributed by atoms with Crippen LogP contribution < -0.4 is 5.56 Å². The molecule has 0 unspecified atom stereocenters. The molecule has 0 N–H and O–H groups in total. The van der Waals surface area contributed by atoms with Crippen LogP contribution in [0.4, 0.5) is 5.69 Å². The molecule has 0 fully saturated rings. The lowest BCUT2D eigenvalue weighted by atomic mass is 10.1. The highest BCUT2D eigenvalue weighted by Crippen LogP contribution is 2.27. The molecule has 3 rings (SSSR count). The lowest BCUT2D eigenvalue weighted by Crippen LogP contribution is -2.07. The van der Waals surface area contributed by atoms with Gasteiger partial charge in [-0.25, -0.2) is 0 Å². The van der Waals surface area contributed by atoms with E-state index in [1.165, 1.54) is 23.5 Å². The largest absolute Gasteiger partial charge is 0.279 e. The Morgan fingerprint density at radius 1 is 1.21 bits per heavy atom. The summed E-state index contributed by atoms with van der Waals surface area (Å²) in [4.78, 5) is 26.6. The molecule has 3 aromatic rings. The molecule has 2 aromatic carbocycles. The van der Waals surface area contributed by atoms with Crippen LogP contribution in [0.1, 0.15) is 10.6 Å². The van der Waals surface area contributed by atoms with Crippen molar-refractivity contribution in [1.82, 2.24) is 4.98 Å². The Morgan fingerprint density at radius 2 is 1.92 bits per heavy atom. The molecule has 24 heavy (non-hydrogen) atoms. The van der Waals surface area contributed by atoms with Crippen LogP contribution >= 0.6 is 11.3 Å². The number of hydrogen-bond acceptors (Lipinski definition) is 6. The van der Waals surface area contributed by atoms with Crippen molar-refractivity contribution in [3.05, 3.63) is 79.6 Å². The number of allylic oxidation sites excluding steroid dienone is 1. The SMILES string of the molecule is N#C/C(=C\c1ccccc1[N+](=O)[O-])c1nc(=O)c2ccccc2s1. The second-order valence-corrected chi connectivity index (χ2v) is 5.84. The second kappa shape index (κ2) is 6.40. The number of hydrogen-bond donors (Lipinski definition) is 0. The normalized spacial score (nSPS) is 11.2. The number of aromatic nitrogens is 1. The number of rotatable bonds is 3. The van der Waals surface area contributed by atoms with Crippen LogP contribution in [0.2, 0.25) is 0 Å². The monoisotopic (exact) mass is 335 g/mol. The van der Waals surface area contributed by atoms with Gasteiger partial charge in [0.15, 0.2) is 0 Å². The van der Waals surface area contributed by atoms with E-state index in [0.29, 0.717) is 10.1 Å². The fourth-order valence-electron chi connectivity index (χ4n) is 2.20. The first kappa shape index (κ1) is 15.5. The highest BCUT2D eigenvalue weighted by molar-refractivity contribution is 7.19. The van der Waals surface area contributed by atoms with Gasteiger partial charge in [-0.15, -0.1) is 11.3 Å². The maximum atomic E-state index is 12.1. The van der Waals surface area contributed by atoms with Crippen molar-refractivity contribution in [3.63, 3.8) is 0 Å². The Morgan fingerprint density at radius 3 is 2.67 bits per heavy atom. The zero-order valence-corrected chi connectivity index (χ0v) is 13.0. The Kier molecular flexibility index (Phi) is 4.14. The quantitative estimate of drug-likeness (QED) is 0.413. The van der Waals surface area contributed by atoms with E-state index in [0.717, 1.165) is 0 Å². The molecule has 0 atom stereocenters. The van der Waals surface area contributed by atoms with E-state index in [4.69, 9.17) is 0 Å². The smallest absolute Gasteiger partial charge is 0.267 e. The molecule has 6 nitrogen and oxygen atoms in total. The summed E-state index contributed by atoms with van der Waals surface area (Å²) >= 11 is 1.20. The molecule has 0 aliphatic heterocycles. The van der Waals surface area contributed by atoms with Gasteiger partial charge in [0.05, 0.1) is 21.4 Å². The van der Waals surface area contributed by atoms with Crippen molar-refractivity contribution < 1.29 is 4.92 Å². The number of nitriles is 1. The van der Waals surface area contributed by atoms with E-state index in [-0.39, 0.29) is 21.8 Å². The van der Waals surface area contributed by atoms with Crippen molar-refractivity contribution in [2.45, 2.75) is 0 Å². The summed E-state index contributed by atoms with van der Waals surface area (Å²) in [7, 11) is 0. The Balaban J connectivity index is 2.19. The molecule has 1 aromatic heterocycles. The van der Waals surface area contributed by atoms with Crippen molar-refractivity contribution in [2.75, 3.05) is 0 Å². The zero-order chi connectivity index (χ0) is 17.1. The van der Waals surface area contributed by atoms with Gasteiger partial charge in [0, 0.05) is 10.8 Å². The van der Waals surface area contributed by atoms with Gasteiger partial charge < -0.3 is 0 Å². The van der Waals surface area contributed by atoms with E-state index in [1.807, 2.05) is 6.07 Å². The third-order valence-electron chi connectivity index (χ3n) is 3.31. The molecule has 0 radical (unpaired) electrons. The van der Waals surface area contributed by atoms with E-state index in [1.54, 1.807) is 42.5 Å². The second-order valence-electron chi connectivity index (χ2n) is 4.81. The first-order valence-electron chi connectivity index (χ1n) is 6.85. The first-order chi connectivity index (χ1) is 11.6. The van der Waals surface area contributed by atoms with E-state index < -0.39 is 10.5 Å². The lowest BCUT2D eigenvalue weighted by molar-refractivity contribution is -0.385. The van der Waals surface area contributed by atoms with Gasteiger partial charge in [-0.05, 0) is 24.3 Å². The molecule has 0 bridgehead atoms. The molecular weight excluding hydrogens is 326 g/mol. The summed E-state index contributed by atoms with van der Waals surface area (Å²) in [6.07, 6.45) is 1.38. The van der Waals surface area contributed by atoms with Crippen LogP contribution in [0.3, 0.4) is 0 Å². The van der Waals surface area contributed by atoms with Crippen LogP contribution in [0.25, 0.3) is 21.7 Å². The maximum absolute atomic E-state index is 12.1. The molecular formula is C17H9N3O3S. The lowest BCUT2D eigenvalue weighted by Gasteiger charge is -2.01. The molecule has 116 valence electrons. The Bertz CT molecular complexity index is 1080. The predicted octanol–water partition coefficient (Wildman–Crippen LogP) is 3.63. The molecule has 0 amide bonds. The number of benzene rings is 2. The van der Waals surface area contributed by atoms with Gasteiger partial charge >= 0.3 is 0 Å². The van der Waals surface area contributed by atoms with Crippen molar-refractivity contribution in [3.8, 4) is 6.07 Å². The summed E-state index contributed by atoms with van der Waals surface area (Å²) in [6.45, 7) is 0. The third kappa shape index (κ3) is 2.91. The molecule has 7 heteroatoms. The van der Waals surface area contributed by atoms with Crippen molar-refractivity contribution in [1.29, 1.82) is 5.26 Å². The number of nitro groups is 1. The Hall–Kier alpha value is -3.37. The Labute approximate surface area is 140 Å². The van der Waals surface area contributed by atoms with Crippen LogP contribution in [0, 0.1) is 21.4 Å². The minimum absolute atomic E-state index is 0.108. The molecule has 0 saturated carbocycles. The van der Waals surface area contributed by atoms with E-state index in [9.17, 15) is 20.2 Å². The number of para-hydroxylation sites is 1. The number of nitro benzene ring substituents is 1. The average Bonchev–Trinajstić information content (AvgIpc) is 2.59. The van der Waals surface area contributed by atoms with Gasteiger partial charge in [-0.2, -0.15) is 10.2 Å². The highest BCUT2D eigenvalue weighted by Gasteiger charge is 2.14. The van der Waals surface area contributed by atoms with Gasteiger partial charge in [0.2, 0.25) is 0 Å². The van der Waals surface area contributed by atoms with Crippen LogP contribution in [0.15, 0.2) is 53.3 Å². The first-order valence-corrected chi connectivity index (χ1v) is 7.67. The van der Waals surface area contributed by atoms with E-state index in [2.05, 4.69) is 4.98 Å². The molecule has 0 aliphatic carbocycles. The molecule has 0 aliphatic rings.